The first-order valence-corrected chi connectivity index (χ1v) is 6.57. The smallest absolute Gasteiger partial charge is 0.276 e. The van der Waals surface area contributed by atoms with Gasteiger partial charge in [-0.15, -0.1) is 0 Å². The van der Waals surface area contributed by atoms with Crippen LogP contribution < -0.4 is 11.1 Å². The summed E-state index contributed by atoms with van der Waals surface area (Å²) in [4.78, 5) is 16.3. The molecule has 0 spiro atoms. The van der Waals surface area contributed by atoms with Crippen LogP contribution >= 0.6 is 15.9 Å². The molecular formula is C12H14BrN5O. The zero-order valence-electron chi connectivity index (χ0n) is 10.6. The van der Waals surface area contributed by atoms with Crippen molar-refractivity contribution >= 4 is 33.2 Å². The van der Waals surface area contributed by atoms with E-state index >= 15 is 0 Å². The molecule has 0 aliphatic rings. The van der Waals surface area contributed by atoms with Crippen LogP contribution in [-0.4, -0.2) is 20.7 Å². The van der Waals surface area contributed by atoms with Gasteiger partial charge in [-0.3, -0.25) is 9.48 Å². The summed E-state index contributed by atoms with van der Waals surface area (Å²) in [6.07, 6.45) is 3.06. The molecule has 0 saturated heterocycles. The Hall–Kier alpha value is -1.89. The number of hydrogen-bond donors (Lipinski definition) is 2. The van der Waals surface area contributed by atoms with Crippen molar-refractivity contribution in [1.82, 2.24) is 14.8 Å². The quantitative estimate of drug-likeness (QED) is 0.848. The lowest BCUT2D eigenvalue weighted by atomic mass is 10.3. The Bertz CT molecular complexity index is 623. The van der Waals surface area contributed by atoms with Crippen molar-refractivity contribution in [2.75, 3.05) is 11.1 Å². The molecule has 6 nitrogen and oxygen atoms in total. The summed E-state index contributed by atoms with van der Waals surface area (Å²) in [6, 6.07) is 1.83. The van der Waals surface area contributed by atoms with Gasteiger partial charge < -0.3 is 11.1 Å². The highest BCUT2D eigenvalue weighted by Crippen LogP contribution is 2.18. The van der Waals surface area contributed by atoms with E-state index in [9.17, 15) is 4.79 Å². The molecule has 2 aromatic heterocycles. The van der Waals surface area contributed by atoms with Crippen LogP contribution in [0.4, 0.5) is 11.4 Å². The average Bonchev–Trinajstić information content (AvgIpc) is 2.75. The number of nitrogens with one attached hydrogen (secondary N) is 1. The molecule has 0 fully saturated rings. The van der Waals surface area contributed by atoms with Crippen LogP contribution in [0.1, 0.15) is 23.0 Å². The first-order valence-electron chi connectivity index (χ1n) is 5.77. The number of nitrogen functional groups attached to an aromatic ring is 1. The maximum Gasteiger partial charge on any atom is 0.276 e. The minimum Gasteiger partial charge on any atom is -0.396 e. The molecule has 1 amide bonds. The number of amides is 1. The Balaban J connectivity index is 2.25. The van der Waals surface area contributed by atoms with E-state index in [-0.39, 0.29) is 5.91 Å². The van der Waals surface area contributed by atoms with Gasteiger partial charge >= 0.3 is 0 Å². The Kier molecular flexibility index (Phi) is 3.84. The lowest BCUT2D eigenvalue weighted by molar-refractivity contribution is 0.101. The van der Waals surface area contributed by atoms with E-state index in [1.807, 2.05) is 19.9 Å². The van der Waals surface area contributed by atoms with E-state index < -0.39 is 0 Å². The van der Waals surface area contributed by atoms with Gasteiger partial charge in [0.15, 0.2) is 0 Å². The Morgan fingerprint density at radius 2 is 2.26 bits per heavy atom. The molecule has 0 bridgehead atoms. The lowest BCUT2D eigenvalue weighted by Gasteiger charge is -2.08. The average molecular weight is 324 g/mol. The first kappa shape index (κ1) is 13.5. The third-order valence-electron chi connectivity index (χ3n) is 2.65. The second-order valence-electron chi connectivity index (χ2n) is 4.05. The fraction of sp³-hybridized carbons (Fsp3) is 0.250. The van der Waals surface area contributed by atoms with Gasteiger partial charge in [-0.2, -0.15) is 5.10 Å². The second-order valence-corrected chi connectivity index (χ2v) is 4.80. The maximum absolute atomic E-state index is 12.2. The van der Waals surface area contributed by atoms with Gasteiger partial charge in [0.2, 0.25) is 0 Å². The zero-order chi connectivity index (χ0) is 14.0. The monoisotopic (exact) mass is 323 g/mol. The Labute approximate surface area is 119 Å². The molecule has 0 aromatic carbocycles. The van der Waals surface area contributed by atoms with E-state index in [1.165, 1.54) is 6.20 Å². The van der Waals surface area contributed by atoms with Crippen LogP contribution in [0, 0.1) is 6.92 Å². The highest BCUT2D eigenvalue weighted by molar-refractivity contribution is 9.10. The second kappa shape index (κ2) is 5.40. The summed E-state index contributed by atoms with van der Waals surface area (Å²) in [5.41, 5.74) is 8.04. The van der Waals surface area contributed by atoms with Gasteiger partial charge in [0.1, 0.15) is 10.3 Å². The molecule has 0 radical (unpaired) electrons. The topological polar surface area (TPSA) is 85.8 Å². The molecule has 0 unspecified atom stereocenters. The predicted octanol–water partition coefficient (Wildman–Crippen LogP) is 2.20. The summed E-state index contributed by atoms with van der Waals surface area (Å²) in [5, 5.41) is 6.80. The number of rotatable bonds is 3. The number of halogens is 1. The van der Waals surface area contributed by atoms with Crippen molar-refractivity contribution in [1.29, 1.82) is 0 Å². The fourth-order valence-electron chi connectivity index (χ4n) is 1.70. The van der Waals surface area contributed by atoms with E-state index in [1.54, 1.807) is 10.9 Å². The number of hydrogen-bond acceptors (Lipinski definition) is 4. The molecule has 2 aromatic rings. The van der Waals surface area contributed by atoms with Gasteiger partial charge in [-0.05, 0) is 41.4 Å². The van der Waals surface area contributed by atoms with Crippen molar-refractivity contribution in [3.05, 3.63) is 34.3 Å². The normalized spacial score (nSPS) is 10.5. The van der Waals surface area contributed by atoms with Crippen molar-refractivity contribution < 1.29 is 4.79 Å². The van der Waals surface area contributed by atoms with Crippen LogP contribution in [0.15, 0.2) is 23.1 Å². The van der Waals surface area contributed by atoms with E-state index in [0.29, 0.717) is 23.6 Å². The Morgan fingerprint density at radius 1 is 1.53 bits per heavy atom. The largest absolute Gasteiger partial charge is 0.396 e. The standard InChI is InChI=1S/C12H14BrN5O/c1-3-18-10(9(14)6-16-18)12(19)17-8-4-7(2)11(13)15-5-8/h4-6H,3,14H2,1-2H3,(H,17,19). The van der Waals surface area contributed by atoms with Crippen LogP contribution in [0.2, 0.25) is 0 Å². The highest BCUT2D eigenvalue weighted by Gasteiger charge is 2.16. The number of anilines is 2. The summed E-state index contributed by atoms with van der Waals surface area (Å²) in [6.45, 7) is 4.38. The van der Waals surface area contributed by atoms with Gasteiger partial charge in [0.25, 0.3) is 5.91 Å². The van der Waals surface area contributed by atoms with Crippen molar-refractivity contribution in [3.8, 4) is 0 Å². The van der Waals surface area contributed by atoms with Crippen molar-refractivity contribution in [3.63, 3.8) is 0 Å². The SMILES string of the molecule is CCn1ncc(N)c1C(=O)Nc1cnc(Br)c(C)c1. The highest BCUT2D eigenvalue weighted by atomic mass is 79.9. The third-order valence-corrected chi connectivity index (χ3v) is 3.48. The third kappa shape index (κ3) is 2.76. The maximum atomic E-state index is 12.2. The summed E-state index contributed by atoms with van der Waals surface area (Å²) < 4.78 is 2.31. The predicted molar refractivity (Wildman–Crippen MR) is 76.9 cm³/mol. The van der Waals surface area contributed by atoms with Crippen molar-refractivity contribution in [2.45, 2.75) is 20.4 Å². The molecule has 0 aliphatic heterocycles. The van der Waals surface area contributed by atoms with Crippen LogP contribution in [0.3, 0.4) is 0 Å². The zero-order valence-corrected chi connectivity index (χ0v) is 12.2. The first-order chi connectivity index (χ1) is 9.02. The molecule has 19 heavy (non-hydrogen) atoms. The van der Waals surface area contributed by atoms with Crippen LogP contribution in [0.25, 0.3) is 0 Å². The minimum absolute atomic E-state index is 0.291. The van der Waals surface area contributed by atoms with Crippen LogP contribution in [-0.2, 0) is 6.54 Å². The van der Waals surface area contributed by atoms with Crippen molar-refractivity contribution in [2.24, 2.45) is 0 Å². The molecule has 0 aliphatic carbocycles. The summed E-state index contributed by atoms with van der Waals surface area (Å²) in [5.74, 6) is -0.291. The lowest BCUT2D eigenvalue weighted by Crippen LogP contribution is -2.19. The molecule has 7 heteroatoms. The molecule has 0 atom stereocenters. The Morgan fingerprint density at radius 3 is 2.89 bits per heavy atom. The molecular weight excluding hydrogens is 310 g/mol. The molecule has 2 rings (SSSR count). The van der Waals surface area contributed by atoms with Gasteiger partial charge in [-0.1, -0.05) is 0 Å². The molecule has 3 N–H and O–H groups in total. The van der Waals surface area contributed by atoms with Gasteiger partial charge in [0, 0.05) is 6.54 Å². The van der Waals surface area contributed by atoms with E-state index in [4.69, 9.17) is 5.73 Å². The number of carbonyl (C=O) groups is 1. The van der Waals surface area contributed by atoms with Crippen LogP contribution in [0.5, 0.6) is 0 Å². The molecule has 0 saturated carbocycles. The summed E-state index contributed by atoms with van der Waals surface area (Å²) >= 11 is 3.31. The number of nitrogens with zero attached hydrogens (tertiary/aromatic N) is 3. The van der Waals surface area contributed by atoms with Gasteiger partial charge in [0.05, 0.1) is 23.8 Å². The molecule has 2 heterocycles. The fourth-order valence-corrected chi connectivity index (χ4v) is 1.92. The number of carbonyl (C=O) groups excluding carboxylic acids is 1. The van der Waals surface area contributed by atoms with Gasteiger partial charge in [-0.25, -0.2) is 4.98 Å². The molecule has 100 valence electrons. The summed E-state index contributed by atoms with van der Waals surface area (Å²) in [7, 11) is 0. The van der Waals surface area contributed by atoms with E-state index in [2.05, 4.69) is 31.3 Å². The number of aromatic nitrogens is 3. The minimum atomic E-state index is -0.291. The number of nitrogens with two attached hydrogens (primary N) is 1. The number of aryl methyl sites for hydroxylation is 2. The van der Waals surface area contributed by atoms with E-state index in [0.717, 1.165) is 10.2 Å². The number of pyridine rings is 1.